The lowest BCUT2D eigenvalue weighted by atomic mass is 10.1. The first-order valence-corrected chi connectivity index (χ1v) is 8.11. The molecule has 1 aromatic carbocycles. The van der Waals surface area contributed by atoms with Crippen molar-refractivity contribution in [2.75, 3.05) is 6.54 Å². The van der Waals surface area contributed by atoms with Gasteiger partial charge in [0.2, 0.25) is 10.0 Å². The van der Waals surface area contributed by atoms with Crippen LogP contribution in [0.1, 0.15) is 30.9 Å². The molecule has 1 unspecified atom stereocenters. The van der Waals surface area contributed by atoms with Gasteiger partial charge in [0.15, 0.2) is 0 Å². The maximum atomic E-state index is 12.7. The molecule has 0 aliphatic carbocycles. The van der Waals surface area contributed by atoms with Crippen LogP contribution in [0.5, 0.6) is 0 Å². The van der Waals surface area contributed by atoms with Gasteiger partial charge in [-0.05, 0) is 38.3 Å². The predicted octanol–water partition coefficient (Wildman–Crippen LogP) is 1.80. The number of hydrogen-bond donors (Lipinski definition) is 1. The fourth-order valence-corrected chi connectivity index (χ4v) is 4.50. The average molecular weight is 298 g/mol. The second-order valence-electron chi connectivity index (χ2n) is 4.95. The standard InChI is InChI=1S/C13H18N2O2S2/c1-9-5-6-11(13(14)18)8-12(9)19(16,17)15-7-3-4-10(15)2/h5-6,8,10H,3-4,7H2,1-2H3,(H2,14,18). The van der Waals surface area contributed by atoms with Crippen molar-refractivity contribution in [3.8, 4) is 0 Å². The van der Waals surface area contributed by atoms with Gasteiger partial charge in [-0.3, -0.25) is 0 Å². The first-order chi connectivity index (χ1) is 8.84. The summed E-state index contributed by atoms with van der Waals surface area (Å²) in [6, 6.07) is 5.14. The van der Waals surface area contributed by atoms with E-state index in [4.69, 9.17) is 18.0 Å². The number of rotatable bonds is 3. The van der Waals surface area contributed by atoms with Crippen LogP contribution in [-0.2, 0) is 10.0 Å². The minimum Gasteiger partial charge on any atom is -0.389 e. The van der Waals surface area contributed by atoms with Gasteiger partial charge in [0.25, 0.3) is 0 Å². The van der Waals surface area contributed by atoms with Crippen molar-refractivity contribution < 1.29 is 8.42 Å². The minimum absolute atomic E-state index is 0.0536. The van der Waals surface area contributed by atoms with Gasteiger partial charge < -0.3 is 5.73 Å². The zero-order chi connectivity index (χ0) is 14.2. The summed E-state index contributed by atoms with van der Waals surface area (Å²) in [6.45, 7) is 4.31. The third kappa shape index (κ3) is 2.66. The summed E-state index contributed by atoms with van der Waals surface area (Å²) in [5.74, 6) is 0. The smallest absolute Gasteiger partial charge is 0.243 e. The summed E-state index contributed by atoms with van der Waals surface area (Å²) < 4.78 is 26.9. The van der Waals surface area contributed by atoms with Crippen LogP contribution in [0.2, 0.25) is 0 Å². The predicted molar refractivity (Wildman–Crippen MR) is 79.7 cm³/mol. The van der Waals surface area contributed by atoms with Gasteiger partial charge in [-0.2, -0.15) is 4.31 Å². The molecule has 4 nitrogen and oxygen atoms in total. The van der Waals surface area contributed by atoms with Gasteiger partial charge in [-0.1, -0.05) is 24.4 Å². The number of sulfonamides is 1. The number of nitrogens with two attached hydrogens (primary N) is 1. The van der Waals surface area contributed by atoms with Gasteiger partial charge in [-0.15, -0.1) is 0 Å². The van der Waals surface area contributed by atoms with E-state index in [1.807, 2.05) is 6.92 Å². The molecule has 1 aliphatic rings. The highest BCUT2D eigenvalue weighted by molar-refractivity contribution is 7.89. The summed E-state index contributed by atoms with van der Waals surface area (Å²) in [4.78, 5) is 0.525. The molecule has 104 valence electrons. The lowest BCUT2D eigenvalue weighted by molar-refractivity contribution is 0.408. The van der Waals surface area contributed by atoms with Gasteiger partial charge in [0.05, 0.1) is 4.90 Å². The molecule has 19 heavy (non-hydrogen) atoms. The molecule has 0 aromatic heterocycles. The first-order valence-electron chi connectivity index (χ1n) is 6.26. The molecule has 1 heterocycles. The highest BCUT2D eigenvalue weighted by Crippen LogP contribution is 2.28. The summed E-state index contributed by atoms with van der Waals surface area (Å²) in [6.07, 6.45) is 1.82. The van der Waals surface area contributed by atoms with E-state index in [9.17, 15) is 8.42 Å². The zero-order valence-electron chi connectivity index (χ0n) is 11.1. The van der Waals surface area contributed by atoms with Crippen LogP contribution in [0.4, 0.5) is 0 Å². The molecule has 0 radical (unpaired) electrons. The van der Waals surface area contributed by atoms with E-state index in [1.165, 1.54) is 0 Å². The Labute approximate surface area is 119 Å². The molecular weight excluding hydrogens is 280 g/mol. The molecule has 1 atom stereocenters. The summed E-state index contributed by atoms with van der Waals surface area (Å²) >= 11 is 4.92. The highest BCUT2D eigenvalue weighted by Gasteiger charge is 2.33. The van der Waals surface area contributed by atoms with Crippen molar-refractivity contribution >= 4 is 27.2 Å². The summed E-state index contributed by atoms with van der Waals surface area (Å²) in [7, 11) is -3.46. The maximum Gasteiger partial charge on any atom is 0.243 e. The van der Waals surface area contributed by atoms with E-state index in [0.29, 0.717) is 17.0 Å². The van der Waals surface area contributed by atoms with Gasteiger partial charge in [-0.25, -0.2) is 8.42 Å². The molecule has 0 amide bonds. The first kappa shape index (κ1) is 14.4. The largest absolute Gasteiger partial charge is 0.389 e. The lowest BCUT2D eigenvalue weighted by Gasteiger charge is -2.22. The van der Waals surface area contributed by atoms with Crippen LogP contribution in [0.3, 0.4) is 0 Å². The molecule has 0 spiro atoms. The molecular formula is C13H18N2O2S2. The Morgan fingerprint density at radius 1 is 1.47 bits per heavy atom. The van der Waals surface area contributed by atoms with E-state index in [0.717, 1.165) is 18.4 Å². The fourth-order valence-electron chi connectivity index (χ4n) is 2.42. The Hall–Kier alpha value is -0.980. The molecule has 1 saturated heterocycles. The van der Waals surface area contributed by atoms with Crippen LogP contribution in [0.25, 0.3) is 0 Å². The molecule has 2 N–H and O–H groups in total. The quantitative estimate of drug-likeness (QED) is 0.864. The van der Waals surface area contributed by atoms with Crippen molar-refractivity contribution in [2.45, 2.75) is 37.6 Å². The molecule has 1 fully saturated rings. The van der Waals surface area contributed by atoms with Gasteiger partial charge >= 0.3 is 0 Å². The number of hydrogen-bond acceptors (Lipinski definition) is 3. The maximum absolute atomic E-state index is 12.7. The topological polar surface area (TPSA) is 63.4 Å². The zero-order valence-corrected chi connectivity index (χ0v) is 12.7. The second kappa shape index (κ2) is 5.19. The summed E-state index contributed by atoms with van der Waals surface area (Å²) in [5.41, 5.74) is 6.89. The lowest BCUT2D eigenvalue weighted by Crippen LogP contribution is -2.34. The van der Waals surface area contributed by atoms with Crippen LogP contribution in [0, 0.1) is 6.92 Å². The van der Waals surface area contributed by atoms with E-state index in [-0.39, 0.29) is 11.0 Å². The van der Waals surface area contributed by atoms with Crippen LogP contribution >= 0.6 is 12.2 Å². The Bertz CT molecular complexity index is 611. The molecule has 0 saturated carbocycles. The Kier molecular flexibility index (Phi) is 3.94. The van der Waals surface area contributed by atoms with E-state index < -0.39 is 10.0 Å². The van der Waals surface area contributed by atoms with Crippen molar-refractivity contribution in [1.29, 1.82) is 0 Å². The normalized spacial score (nSPS) is 20.6. The van der Waals surface area contributed by atoms with Crippen molar-refractivity contribution in [3.63, 3.8) is 0 Å². The summed E-state index contributed by atoms with van der Waals surface area (Å²) in [5, 5.41) is 0. The van der Waals surface area contributed by atoms with Crippen molar-refractivity contribution in [1.82, 2.24) is 4.31 Å². The molecule has 1 aromatic rings. The second-order valence-corrected chi connectivity index (χ2v) is 7.25. The monoisotopic (exact) mass is 298 g/mol. The Balaban J connectivity index is 2.51. The van der Waals surface area contributed by atoms with E-state index in [2.05, 4.69) is 0 Å². The molecule has 1 aliphatic heterocycles. The van der Waals surface area contributed by atoms with E-state index in [1.54, 1.807) is 29.4 Å². The van der Waals surface area contributed by atoms with Gasteiger partial charge in [0, 0.05) is 18.2 Å². The molecule has 6 heteroatoms. The number of benzene rings is 1. The molecule has 2 rings (SSSR count). The SMILES string of the molecule is Cc1ccc(C(N)=S)cc1S(=O)(=O)N1CCCC1C. The highest BCUT2D eigenvalue weighted by atomic mass is 32.2. The van der Waals surface area contributed by atoms with Crippen LogP contribution in [0.15, 0.2) is 23.1 Å². The van der Waals surface area contributed by atoms with Crippen molar-refractivity contribution in [3.05, 3.63) is 29.3 Å². The van der Waals surface area contributed by atoms with Crippen LogP contribution in [-0.4, -0.2) is 30.3 Å². The third-order valence-electron chi connectivity index (χ3n) is 3.55. The molecule has 0 bridgehead atoms. The number of aryl methyl sites for hydroxylation is 1. The minimum atomic E-state index is -3.46. The van der Waals surface area contributed by atoms with E-state index >= 15 is 0 Å². The van der Waals surface area contributed by atoms with Crippen LogP contribution < -0.4 is 5.73 Å². The Morgan fingerprint density at radius 2 is 2.16 bits per heavy atom. The average Bonchev–Trinajstić information content (AvgIpc) is 2.76. The number of thiocarbonyl (C=S) groups is 1. The number of nitrogens with zero attached hydrogens (tertiary/aromatic N) is 1. The van der Waals surface area contributed by atoms with Crippen molar-refractivity contribution in [2.24, 2.45) is 5.73 Å². The fraction of sp³-hybridized carbons (Fsp3) is 0.462. The Morgan fingerprint density at radius 3 is 2.68 bits per heavy atom. The third-order valence-corrected chi connectivity index (χ3v) is 5.94. The van der Waals surface area contributed by atoms with Gasteiger partial charge in [0.1, 0.15) is 4.99 Å².